The maximum absolute atomic E-state index is 13.4. The van der Waals surface area contributed by atoms with Crippen LogP contribution in [0.3, 0.4) is 0 Å². The molecule has 1 N–H and O–H groups in total. The number of sulfonamides is 1. The molecule has 3 aromatic rings. The first-order valence-corrected chi connectivity index (χ1v) is 14.5. The van der Waals surface area contributed by atoms with Gasteiger partial charge in [0.05, 0.1) is 13.7 Å². The van der Waals surface area contributed by atoms with E-state index in [0.29, 0.717) is 34.2 Å². The molecule has 204 valence electrons. The molecule has 0 radical (unpaired) electrons. The number of rotatable bonds is 13. The van der Waals surface area contributed by atoms with E-state index in [-0.39, 0.29) is 12.2 Å². The van der Waals surface area contributed by atoms with E-state index in [1.165, 1.54) is 37.4 Å². The Morgan fingerprint density at radius 2 is 1.74 bits per heavy atom. The van der Waals surface area contributed by atoms with Gasteiger partial charge < -0.3 is 14.7 Å². The number of methoxy groups -OCH3 is 1. The number of aliphatic hydroxyl groups is 1. The molecule has 1 atom stereocenters. The molecule has 0 fully saturated rings. The van der Waals surface area contributed by atoms with Gasteiger partial charge in [-0.3, -0.25) is 9.59 Å². The molecule has 0 bridgehead atoms. The van der Waals surface area contributed by atoms with Crippen LogP contribution in [0.4, 0.5) is 0 Å². The van der Waals surface area contributed by atoms with Gasteiger partial charge in [-0.1, -0.05) is 42.5 Å². The summed E-state index contributed by atoms with van der Waals surface area (Å²) >= 11 is 1.23. The zero-order valence-corrected chi connectivity index (χ0v) is 23.6. The number of carbonyl (C=O) groups is 2. The highest BCUT2D eigenvalue weighted by Gasteiger charge is 2.27. The quantitative estimate of drug-likeness (QED) is 0.320. The smallest absolute Gasteiger partial charge is 0.256 e. The highest BCUT2D eigenvalue weighted by Crippen LogP contribution is 2.24. The van der Waals surface area contributed by atoms with Gasteiger partial charge in [-0.15, -0.1) is 11.3 Å². The Hall–Kier alpha value is -3.12. The minimum absolute atomic E-state index is 0.0834. The van der Waals surface area contributed by atoms with Crippen molar-refractivity contribution in [1.82, 2.24) is 14.2 Å². The van der Waals surface area contributed by atoms with E-state index < -0.39 is 33.6 Å². The lowest BCUT2D eigenvalue weighted by molar-refractivity contribution is -0.141. The summed E-state index contributed by atoms with van der Waals surface area (Å²) in [6, 6.07) is 16.5. The standard InChI is InChI=1S/C27H33N3O6S2/c1-19-25(23(31)18-38(34,35)29(2)3)28-24(37-19)17-30(16-8-11-20-9-6-5-7-10-20)27(33)26(32)21-12-14-22(36-4)15-13-21/h5-7,9-10,12-15,26,32H,8,11,16-18H2,1-4H3. The average molecular weight is 560 g/mol. The van der Waals surface area contributed by atoms with E-state index in [1.54, 1.807) is 31.2 Å². The fourth-order valence-electron chi connectivity index (χ4n) is 3.79. The van der Waals surface area contributed by atoms with Crippen LogP contribution in [0.25, 0.3) is 0 Å². The number of aromatic nitrogens is 1. The van der Waals surface area contributed by atoms with E-state index >= 15 is 0 Å². The highest BCUT2D eigenvalue weighted by atomic mass is 32.2. The number of aliphatic hydroxyl groups excluding tert-OH is 1. The number of hydrogen-bond donors (Lipinski definition) is 1. The fourth-order valence-corrected chi connectivity index (χ4v) is 5.48. The van der Waals surface area contributed by atoms with Gasteiger partial charge in [0.15, 0.2) is 11.9 Å². The second-order valence-electron chi connectivity index (χ2n) is 9.00. The first kappa shape index (κ1) is 29.4. The summed E-state index contributed by atoms with van der Waals surface area (Å²) in [6.45, 7) is 2.14. The molecule has 11 heteroatoms. The number of thiazole rings is 1. The topological polar surface area (TPSA) is 117 Å². The normalized spacial score (nSPS) is 12.4. The maximum atomic E-state index is 13.4. The number of ether oxygens (including phenoxy) is 1. The highest BCUT2D eigenvalue weighted by molar-refractivity contribution is 7.89. The van der Waals surface area contributed by atoms with Gasteiger partial charge in [0.25, 0.3) is 5.91 Å². The van der Waals surface area contributed by atoms with Crippen molar-refractivity contribution in [1.29, 1.82) is 0 Å². The molecule has 0 aliphatic heterocycles. The van der Waals surface area contributed by atoms with Gasteiger partial charge in [0.2, 0.25) is 10.0 Å². The Kier molecular flexibility index (Phi) is 10.1. The second-order valence-corrected chi connectivity index (χ2v) is 12.5. The third kappa shape index (κ3) is 7.70. The number of ketones is 1. The van der Waals surface area contributed by atoms with Crippen molar-refractivity contribution in [2.75, 3.05) is 33.5 Å². The summed E-state index contributed by atoms with van der Waals surface area (Å²) in [4.78, 5) is 32.6. The molecule has 1 amide bonds. The minimum atomic E-state index is -3.73. The van der Waals surface area contributed by atoms with Crippen LogP contribution in [0.1, 0.15) is 44.0 Å². The zero-order chi connectivity index (χ0) is 27.9. The number of amides is 1. The van der Waals surface area contributed by atoms with Gasteiger partial charge >= 0.3 is 0 Å². The van der Waals surface area contributed by atoms with E-state index in [4.69, 9.17) is 4.74 Å². The minimum Gasteiger partial charge on any atom is -0.497 e. The average Bonchev–Trinajstić information content (AvgIpc) is 3.27. The number of nitrogens with zero attached hydrogens (tertiary/aromatic N) is 3. The molecule has 1 heterocycles. The van der Waals surface area contributed by atoms with E-state index in [0.717, 1.165) is 16.3 Å². The number of carbonyl (C=O) groups excluding carboxylic acids is 2. The molecular weight excluding hydrogens is 526 g/mol. The van der Waals surface area contributed by atoms with Crippen LogP contribution in [-0.4, -0.2) is 72.9 Å². The van der Waals surface area contributed by atoms with Gasteiger partial charge in [-0.05, 0) is 43.0 Å². The Labute approximate surface area is 227 Å². The van der Waals surface area contributed by atoms with Crippen LogP contribution in [-0.2, 0) is 27.8 Å². The maximum Gasteiger partial charge on any atom is 0.256 e. The van der Waals surface area contributed by atoms with Crippen molar-refractivity contribution in [3.63, 3.8) is 0 Å². The second kappa shape index (κ2) is 13.1. The summed E-state index contributed by atoms with van der Waals surface area (Å²) in [5.74, 6) is -1.15. The monoisotopic (exact) mass is 559 g/mol. The zero-order valence-electron chi connectivity index (χ0n) is 22.0. The molecule has 0 aliphatic rings. The largest absolute Gasteiger partial charge is 0.497 e. The number of aryl methyl sites for hydroxylation is 2. The van der Waals surface area contributed by atoms with E-state index in [2.05, 4.69) is 4.98 Å². The molecule has 0 aliphatic carbocycles. The SMILES string of the molecule is COc1ccc(C(O)C(=O)N(CCCc2ccccc2)Cc2nc(C(=O)CS(=O)(=O)N(C)C)c(C)s2)cc1. The predicted molar refractivity (Wildman–Crippen MR) is 147 cm³/mol. The van der Waals surface area contributed by atoms with Crippen LogP contribution in [0.15, 0.2) is 54.6 Å². The van der Waals surface area contributed by atoms with Crippen LogP contribution >= 0.6 is 11.3 Å². The van der Waals surface area contributed by atoms with Crippen molar-refractivity contribution in [3.8, 4) is 5.75 Å². The Bertz CT molecular complexity index is 1340. The molecular formula is C27H33N3O6S2. The van der Waals surface area contributed by atoms with Gasteiger partial charge in [-0.2, -0.15) is 0 Å². The van der Waals surface area contributed by atoms with Crippen LogP contribution in [0.5, 0.6) is 5.75 Å². The third-order valence-corrected chi connectivity index (χ3v) is 8.71. The lowest BCUT2D eigenvalue weighted by Crippen LogP contribution is -2.35. The summed E-state index contributed by atoms with van der Waals surface area (Å²) in [6.07, 6.45) is 0.0132. The Morgan fingerprint density at radius 1 is 1.08 bits per heavy atom. The number of hydrogen-bond acceptors (Lipinski definition) is 8. The lowest BCUT2D eigenvalue weighted by Gasteiger charge is -2.25. The molecule has 38 heavy (non-hydrogen) atoms. The van der Waals surface area contributed by atoms with Crippen molar-refractivity contribution >= 4 is 33.1 Å². The van der Waals surface area contributed by atoms with Crippen LogP contribution in [0, 0.1) is 6.92 Å². The Morgan fingerprint density at radius 3 is 2.34 bits per heavy atom. The summed E-state index contributed by atoms with van der Waals surface area (Å²) < 4.78 is 30.5. The first-order valence-electron chi connectivity index (χ1n) is 12.1. The molecule has 2 aromatic carbocycles. The molecule has 0 saturated carbocycles. The predicted octanol–water partition coefficient (Wildman–Crippen LogP) is 3.23. The van der Waals surface area contributed by atoms with Crippen molar-refractivity contribution in [3.05, 3.63) is 81.3 Å². The Balaban J connectivity index is 1.80. The lowest BCUT2D eigenvalue weighted by atomic mass is 10.1. The van der Waals surface area contributed by atoms with E-state index in [9.17, 15) is 23.1 Å². The van der Waals surface area contributed by atoms with Gasteiger partial charge in [0, 0.05) is 25.5 Å². The summed E-state index contributed by atoms with van der Waals surface area (Å²) in [7, 11) is 0.545. The molecule has 3 rings (SSSR count). The van der Waals surface area contributed by atoms with Gasteiger partial charge in [0.1, 0.15) is 22.2 Å². The molecule has 1 unspecified atom stereocenters. The first-order chi connectivity index (χ1) is 18.0. The fraction of sp³-hybridized carbons (Fsp3) is 0.370. The molecule has 0 saturated heterocycles. The van der Waals surface area contributed by atoms with Crippen molar-refractivity contribution < 1.29 is 27.9 Å². The van der Waals surface area contributed by atoms with Crippen molar-refractivity contribution in [2.24, 2.45) is 0 Å². The number of Topliss-reactive ketones (excluding diaryl/α,β-unsaturated/α-hetero) is 1. The van der Waals surface area contributed by atoms with Crippen molar-refractivity contribution in [2.45, 2.75) is 32.4 Å². The molecule has 1 aromatic heterocycles. The summed E-state index contributed by atoms with van der Waals surface area (Å²) in [5, 5.41) is 11.4. The van der Waals surface area contributed by atoms with Crippen LogP contribution in [0.2, 0.25) is 0 Å². The third-order valence-electron chi connectivity index (χ3n) is 6.01. The summed E-state index contributed by atoms with van der Waals surface area (Å²) in [5.41, 5.74) is 1.66. The van der Waals surface area contributed by atoms with Gasteiger partial charge in [-0.25, -0.2) is 17.7 Å². The van der Waals surface area contributed by atoms with E-state index in [1.807, 2.05) is 30.3 Å². The van der Waals surface area contributed by atoms with Crippen LogP contribution < -0.4 is 4.74 Å². The molecule has 9 nitrogen and oxygen atoms in total. The molecule has 0 spiro atoms. The number of benzene rings is 2.